The van der Waals surface area contributed by atoms with E-state index in [0.717, 1.165) is 43.5 Å². The summed E-state index contributed by atoms with van der Waals surface area (Å²) < 4.78 is 0.936. The van der Waals surface area contributed by atoms with E-state index in [0.29, 0.717) is 11.1 Å². The van der Waals surface area contributed by atoms with Crippen molar-refractivity contribution in [2.45, 2.75) is 50.6 Å². The number of hydrogen-bond donors (Lipinski definition) is 0. The van der Waals surface area contributed by atoms with Crippen molar-refractivity contribution in [1.29, 1.82) is 0 Å². The van der Waals surface area contributed by atoms with Gasteiger partial charge in [-0.15, -0.1) is 0 Å². The predicted molar refractivity (Wildman–Crippen MR) is 97.0 cm³/mol. The van der Waals surface area contributed by atoms with Crippen molar-refractivity contribution >= 4 is 32.6 Å². The Hall–Kier alpha value is -1.65. The van der Waals surface area contributed by atoms with Gasteiger partial charge < -0.3 is 0 Å². The van der Waals surface area contributed by atoms with Crippen LogP contribution < -0.4 is 0 Å². The number of imide groups is 1. The standard InChI is InChI=1S/C19H22N3O2Se/c23-17-13-7-1-2-8-14(13)18(24)22(17)16-10-4-3-9-15(16)20-19(25)21-11-5-6-12-21/h1-2,7-8,15-16H,3-6,9-12H2/t15-,16-/m1/s1. The number of rotatable bonds is 2. The maximum absolute atomic E-state index is 12.8. The molecular weight excluding hydrogens is 381 g/mol. The summed E-state index contributed by atoms with van der Waals surface area (Å²) in [6, 6.07) is 6.99. The molecule has 1 aromatic rings. The van der Waals surface area contributed by atoms with Gasteiger partial charge in [-0.2, -0.15) is 0 Å². The van der Waals surface area contributed by atoms with Crippen LogP contribution in [0.4, 0.5) is 0 Å². The van der Waals surface area contributed by atoms with Gasteiger partial charge in [-0.25, -0.2) is 0 Å². The van der Waals surface area contributed by atoms with Crippen LogP contribution in [0.3, 0.4) is 0 Å². The molecule has 1 radical (unpaired) electrons. The van der Waals surface area contributed by atoms with Crippen LogP contribution in [-0.2, 0) is 0 Å². The van der Waals surface area contributed by atoms with Gasteiger partial charge in [0.25, 0.3) is 0 Å². The Bertz CT molecular complexity index is 692. The number of nitrogens with zero attached hydrogens (tertiary/aromatic N) is 3. The van der Waals surface area contributed by atoms with E-state index < -0.39 is 0 Å². The number of amides is 2. The Balaban J connectivity index is 1.61. The van der Waals surface area contributed by atoms with Gasteiger partial charge in [0.1, 0.15) is 0 Å². The quantitative estimate of drug-likeness (QED) is 0.329. The van der Waals surface area contributed by atoms with E-state index in [9.17, 15) is 9.59 Å². The third-order valence-corrected chi connectivity index (χ3v) is 6.27. The van der Waals surface area contributed by atoms with E-state index in [4.69, 9.17) is 4.99 Å². The third kappa shape index (κ3) is 3.02. The van der Waals surface area contributed by atoms with Crippen molar-refractivity contribution in [2.24, 2.45) is 4.99 Å². The Morgan fingerprint density at radius 1 is 0.960 bits per heavy atom. The number of carbonyl (C=O) groups excluding carboxylic acids is 2. The van der Waals surface area contributed by atoms with Crippen molar-refractivity contribution < 1.29 is 9.59 Å². The van der Waals surface area contributed by atoms with Crippen LogP contribution in [0.1, 0.15) is 59.2 Å². The molecule has 1 saturated carbocycles. The van der Waals surface area contributed by atoms with Gasteiger partial charge in [-0.05, 0) is 0 Å². The summed E-state index contributed by atoms with van der Waals surface area (Å²) in [5.74, 6) is -0.314. The molecule has 1 saturated heterocycles. The minimum absolute atomic E-state index is 0.00666. The average Bonchev–Trinajstić information content (AvgIpc) is 3.25. The van der Waals surface area contributed by atoms with Gasteiger partial charge in [0.05, 0.1) is 0 Å². The maximum atomic E-state index is 12.8. The molecule has 5 nitrogen and oxygen atoms in total. The molecule has 1 aromatic carbocycles. The molecule has 0 aromatic heterocycles. The fourth-order valence-corrected chi connectivity index (χ4v) is 4.85. The van der Waals surface area contributed by atoms with Crippen molar-refractivity contribution in [3.63, 3.8) is 0 Å². The second-order valence-electron chi connectivity index (χ2n) is 7.05. The van der Waals surface area contributed by atoms with Crippen LogP contribution in [0.2, 0.25) is 0 Å². The molecule has 3 aliphatic rings. The second kappa shape index (κ2) is 6.93. The summed E-state index contributed by atoms with van der Waals surface area (Å²) in [4.78, 5) is 34.3. The summed E-state index contributed by atoms with van der Waals surface area (Å²) >= 11 is 3.10. The van der Waals surface area contributed by atoms with Gasteiger partial charge in [0.15, 0.2) is 0 Å². The number of aliphatic imine (C=N–C) groups is 1. The number of amidine groups is 1. The van der Waals surface area contributed by atoms with Crippen LogP contribution in [0.5, 0.6) is 0 Å². The molecule has 0 unspecified atom stereocenters. The molecule has 25 heavy (non-hydrogen) atoms. The van der Waals surface area contributed by atoms with Gasteiger partial charge >= 0.3 is 156 Å². The van der Waals surface area contributed by atoms with Crippen LogP contribution >= 0.6 is 0 Å². The summed E-state index contributed by atoms with van der Waals surface area (Å²) in [5.41, 5.74) is 1.06. The zero-order valence-electron chi connectivity index (χ0n) is 14.2. The van der Waals surface area contributed by atoms with Gasteiger partial charge in [-0.3, -0.25) is 0 Å². The van der Waals surface area contributed by atoms with E-state index in [1.165, 1.54) is 17.7 Å². The normalized spacial score (nSPS) is 27.1. The first-order valence-electron chi connectivity index (χ1n) is 9.13. The average molecular weight is 403 g/mol. The number of likely N-dealkylation sites (tertiary alicyclic amines) is 1. The summed E-state index contributed by atoms with van der Waals surface area (Å²) in [6.07, 6.45) is 6.31. The Morgan fingerprint density at radius 3 is 2.20 bits per heavy atom. The van der Waals surface area contributed by atoms with Crippen molar-refractivity contribution in [3.8, 4) is 0 Å². The zero-order valence-corrected chi connectivity index (χ0v) is 15.9. The summed E-state index contributed by atoms with van der Waals surface area (Å²) in [6.45, 7) is 2.08. The molecule has 2 fully saturated rings. The molecule has 4 rings (SSSR count). The second-order valence-corrected chi connectivity index (χ2v) is 7.82. The molecule has 2 heterocycles. The predicted octanol–water partition coefficient (Wildman–Crippen LogP) is 2.21. The molecule has 0 bridgehead atoms. The Labute approximate surface area is 156 Å². The van der Waals surface area contributed by atoms with Crippen molar-refractivity contribution in [3.05, 3.63) is 35.4 Å². The monoisotopic (exact) mass is 404 g/mol. The van der Waals surface area contributed by atoms with Crippen molar-refractivity contribution in [2.75, 3.05) is 13.1 Å². The van der Waals surface area contributed by atoms with E-state index in [2.05, 4.69) is 20.9 Å². The van der Waals surface area contributed by atoms with E-state index in [-0.39, 0.29) is 23.9 Å². The molecule has 2 aliphatic heterocycles. The molecule has 0 N–H and O–H groups in total. The first-order valence-corrected chi connectivity index (χ1v) is 9.99. The van der Waals surface area contributed by atoms with Gasteiger partial charge in [0.2, 0.25) is 0 Å². The van der Waals surface area contributed by atoms with Crippen LogP contribution in [0.15, 0.2) is 29.3 Å². The van der Waals surface area contributed by atoms with Crippen LogP contribution in [0.25, 0.3) is 0 Å². The zero-order chi connectivity index (χ0) is 17.4. The van der Waals surface area contributed by atoms with Crippen LogP contribution in [0, 0.1) is 0 Å². The fourth-order valence-electron chi connectivity index (χ4n) is 4.18. The molecule has 2 atom stereocenters. The molecule has 0 spiro atoms. The molecular formula is C19H22N3O2Se. The SMILES string of the molecule is O=C1c2ccccc2C(=O)N1[C@@H]1CCCC[C@H]1N=C([Se])N1CCCC1. The number of fused-ring (bicyclic) bond motifs is 1. The minimum atomic E-state index is -0.157. The molecule has 2 amide bonds. The first-order chi connectivity index (χ1) is 12.2. The van der Waals surface area contributed by atoms with Gasteiger partial charge in [0, 0.05) is 0 Å². The number of hydrogen-bond acceptors (Lipinski definition) is 3. The van der Waals surface area contributed by atoms with E-state index in [1.807, 2.05) is 12.1 Å². The molecule has 1 aliphatic carbocycles. The van der Waals surface area contributed by atoms with Crippen molar-refractivity contribution in [1.82, 2.24) is 9.80 Å². The molecule has 131 valence electrons. The Morgan fingerprint density at radius 2 is 1.56 bits per heavy atom. The topological polar surface area (TPSA) is 53.0 Å². The van der Waals surface area contributed by atoms with E-state index in [1.54, 1.807) is 12.1 Å². The third-order valence-electron chi connectivity index (χ3n) is 5.50. The van der Waals surface area contributed by atoms with E-state index >= 15 is 0 Å². The van der Waals surface area contributed by atoms with Gasteiger partial charge in [-0.1, -0.05) is 0 Å². The fraction of sp³-hybridized carbons (Fsp3) is 0.526. The number of benzene rings is 1. The summed E-state index contributed by atoms with van der Waals surface area (Å²) in [5, 5.41) is 0. The van der Waals surface area contributed by atoms with Crippen LogP contribution in [-0.4, -0.2) is 67.5 Å². The first kappa shape index (κ1) is 16.8. The molecule has 6 heteroatoms. The number of carbonyl (C=O) groups is 2. The summed E-state index contributed by atoms with van der Waals surface area (Å²) in [7, 11) is 0. The Kier molecular flexibility index (Phi) is 4.65.